The van der Waals surface area contributed by atoms with Crippen LogP contribution >= 0.6 is 31.9 Å². The molecule has 0 atom stereocenters. The van der Waals surface area contributed by atoms with Gasteiger partial charge >= 0.3 is 0 Å². The lowest BCUT2D eigenvalue weighted by Crippen LogP contribution is -2.14. The number of carbonyl (C=O) groups is 1. The van der Waals surface area contributed by atoms with Gasteiger partial charge in [-0.15, -0.1) is 0 Å². The lowest BCUT2D eigenvalue weighted by Gasteiger charge is -2.09. The Labute approximate surface area is 130 Å². The van der Waals surface area contributed by atoms with Gasteiger partial charge in [-0.3, -0.25) is 4.79 Å². The average Bonchev–Trinajstić information content (AvgIpc) is 2.38. The summed E-state index contributed by atoms with van der Waals surface area (Å²) in [6.07, 6.45) is 0. The quantitative estimate of drug-likeness (QED) is 0.577. The van der Waals surface area contributed by atoms with E-state index < -0.39 is 17.5 Å². The second-order valence-corrected chi connectivity index (χ2v) is 5.65. The molecule has 7 heteroatoms. The van der Waals surface area contributed by atoms with Gasteiger partial charge in [0.2, 0.25) is 0 Å². The number of hydrogen-bond donors (Lipinski definition) is 2. The Morgan fingerprint density at radius 3 is 2.45 bits per heavy atom. The predicted octanol–water partition coefficient (Wildman–Crippen LogP) is 4.32. The number of nitrogens with two attached hydrogens (primary N) is 1. The van der Waals surface area contributed by atoms with Crippen LogP contribution in [0.5, 0.6) is 0 Å². The van der Waals surface area contributed by atoms with Crippen molar-refractivity contribution in [3.8, 4) is 0 Å². The molecule has 0 heterocycles. The molecular formula is C13H8Br2F2N2O. The van der Waals surface area contributed by atoms with E-state index in [0.717, 1.165) is 6.07 Å². The van der Waals surface area contributed by atoms with Crippen LogP contribution in [0.1, 0.15) is 10.4 Å². The van der Waals surface area contributed by atoms with E-state index in [9.17, 15) is 13.6 Å². The number of halogens is 4. The summed E-state index contributed by atoms with van der Waals surface area (Å²) in [6.45, 7) is 0. The summed E-state index contributed by atoms with van der Waals surface area (Å²) in [6, 6.07) is 6.53. The zero-order chi connectivity index (χ0) is 14.9. The van der Waals surface area contributed by atoms with E-state index in [2.05, 4.69) is 37.2 Å². The Hall–Kier alpha value is -1.47. The van der Waals surface area contributed by atoms with Crippen molar-refractivity contribution in [3.63, 3.8) is 0 Å². The van der Waals surface area contributed by atoms with E-state index >= 15 is 0 Å². The summed E-state index contributed by atoms with van der Waals surface area (Å²) in [4.78, 5) is 12.1. The first-order valence-electron chi connectivity index (χ1n) is 5.39. The fraction of sp³-hybridized carbons (Fsp3) is 0. The predicted molar refractivity (Wildman–Crippen MR) is 80.6 cm³/mol. The molecule has 2 aromatic carbocycles. The number of anilines is 2. The minimum absolute atomic E-state index is 0.0563. The Bertz CT molecular complexity index is 692. The lowest BCUT2D eigenvalue weighted by atomic mass is 10.2. The molecule has 0 aliphatic heterocycles. The number of benzene rings is 2. The van der Waals surface area contributed by atoms with Gasteiger partial charge in [-0.1, -0.05) is 0 Å². The SMILES string of the molecule is Nc1ccc(Br)c(C(=O)Nc2cc(Br)c(F)cc2F)c1. The van der Waals surface area contributed by atoms with E-state index in [1.807, 2.05) is 0 Å². The van der Waals surface area contributed by atoms with Crippen molar-refractivity contribution >= 4 is 49.1 Å². The highest BCUT2D eigenvalue weighted by Crippen LogP contribution is 2.25. The number of nitrogens with one attached hydrogen (secondary N) is 1. The molecule has 3 nitrogen and oxygen atoms in total. The highest BCUT2D eigenvalue weighted by molar-refractivity contribution is 9.10. The molecule has 2 aromatic rings. The Morgan fingerprint density at radius 1 is 1.05 bits per heavy atom. The zero-order valence-corrected chi connectivity index (χ0v) is 13.1. The first-order chi connectivity index (χ1) is 9.38. The first kappa shape index (κ1) is 14.9. The molecule has 3 N–H and O–H groups in total. The van der Waals surface area contributed by atoms with Gasteiger partial charge in [0.1, 0.15) is 11.6 Å². The van der Waals surface area contributed by atoms with E-state index in [1.165, 1.54) is 6.07 Å². The lowest BCUT2D eigenvalue weighted by molar-refractivity contribution is 0.102. The third kappa shape index (κ3) is 3.16. The molecule has 0 unspecified atom stereocenters. The summed E-state index contributed by atoms with van der Waals surface area (Å²) < 4.78 is 27.3. The Balaban J connectivity index is 2.32. The topological polar surface area (TPSA) is 55.1 Å². The standard InChI is InChI=1S/C13H8Br2F2N2O/c14-8-2-1-6(18)3-7(8)13(20)19-12-4-9(15)10(16)5-11(12)17/h1-5H,18H2,(H,19,20). The van der Waals surface area contributed by atoms with Gasteiger partial charge in [0.05, 0.1) is 15.7 Å². The molecule has 1 amide bonds. The van der Waals surface area contributed by atoms with Crippen LogP contribution in [0.2, 0.25) is 0 Å². The fourth-order valence-corrected chi connectivity index (χ4v) is 2.29. The first-order valence-corrected chi connectivity index (χ1v) is 6.98. The third-order valence-electron chi connectivity index (χ3n) is 2.49. The maximum absolute atomic E-state index is 13.6. The second kappa shape index (κ2) is 5.88. The molecule has 0 aliphatic rings. The van der Waals surface area contributed by atoms with Crippen LogP contribution in [0.15, 0.2) is 39.3 Å². The minimum Gasteiger partial charge on any atom is -0.399 e. The summed E-state index contributed by atoms with van der Waals surface area (Å²) in [5.74, 6) is -2.16. The van der Waals surface area contributed by atoms with Crippen LogP contribution in [0, 0.1) is 11.6 Å². The normalized spacial score (nSPS) is 10.4. The van der Waals surface area contributed by atoms with Crippen molar-refractivity contribution in [3.05, 3.63) is 56.5 Å². The average molecular weight is 406 g/mol. The van der Waals surface area contributed by atoms with Gasteiger partial charge in [-0.25, -0.2) is 8.78 Å². The van der Waals surface area contributed by atoms with Crippen LogP contribution in [-0.2, 0) is 0 Å². The highest BCUT2D eigenvalue weighted by Gasteiger charge is 2.14. The molecule has 0 radical (unpaired) electrons. The Kier molecular flexibility index (Phi) is 4.39. The van der Waals surface area contributed by atoms with Crippen molar-refractivity contribution in [2.45, 2.75) is 0 Å². The van der Waals surface area contributed by atoms with E-state index in [4.69, 9.17) is 5.73 Å². The smallest absolute Gasteiger partial charge is 0.256 e. The van der Waals surface area contributed by atoms with Crippen molar-refractivity contribution in [2.24, 2.45) is 0 Å². The van der Waals surface area contributed by atoms with Crippen molar-refractivity contribution in [2.75, 3.05) is 11.1 Å². The maximum Gasteiger partial charge on any atom is 0.256 e. The van der Waals surface area contributed by atoms with Gasteiger partial charge in [-0.2, -0.15) is 0 Å². The molecule has 0 saturated carbocycles. The van der Waals surface area contributed by atoms with Crippen molar-refractivity contribution < 1.29 is 13.6 Å². The molecule has 0 aromatic heterocycles. The van der Waals surface area contributed by atoms with Gasteiger partial charge < -0.3 is 11.1 Å². The van der Waals surface area contributed by atoms with Crippen molar-refractivity contribution in [1.29, 1.82) is 0 Å². The monoisotopic (exact) mass is 404 g/mol. The number of rotatable bonds is 2. The van der Waals surface area contributed by atoms with Gasteiger partial charge in [0.15, 0.2) is 0 Å². The molecule has 20 heavy (non-hydrogen) atoms. The van der Waals surface area contributed by atoms with Crippen LogP contribution in [0.4, 0.5) is 20.2 Å². The molecule has 0 fully saturated rings. The van der Waals surface area contributed by atoms with E-state index in [1.54, 1.807) is 12.1 Å². The summed E-state index contributed by atoms with van der Waals surface area (Å²) >= 11 is 6.14. The van der Waals surface area contributed by atoms with E-state index in [-0.39, 0.29) is 15.7 Å². The molecular weight excluding hydrogens is 398 g/mol. The molecule has 0 saturated heterocycles. The fourth-order valence-electron chi connectivity index (χ4n) is 1.52. The van der Waals surface area contributed by atoms with Crippen LogP contribution in [-0.4, -0.2) is 5.91 Å². The molecule has 0 bridgehead atoms. The largest absolute Gasteiger partial charge is 0.399 e. The van der Waals surface area contributed by atoms with E-state index in [0.29, 0.717) is 16.2 Å². The zero-order valence-electron chi connectivity index (χ0n) is 9.88. The summed E-state index contributed by atoms with van der Waals surface area (Å²) in [5, 5.41) is 2.37. The molecule has 104 valence electrons. The number of nitrogen functional groups attached to an aromatic ring is 1. The van der Waals surface area contributed by atoms with Gasteiger partial charge in [0.25, 0.3) is 5.91 Å². The molecule has 0 aliphatic carbocycles. The van der Waals surface area contributed by atoms with Crippen molar-refractivity contribution in [1.82, 2.24) is 0 Å². The maximum atomic E-state index is 13.6. The molecule has 2 rings (SSSR count). The van der Waals surface area contributed by atoms with Crippen LogP contribution in [0.3, 0.4) is 0 Å². The number of hydrogen-bond acceptors (Lipinski definition) is 2. The molecule has 0 spiro atoms. The third-order valence-corrected chi connectivity index (χ3v) is 3.79. The Morgan fingerprint density at radius 2 is 1.75 bits per heavy atom. The van der Waals surface area contributed by atoms with Crippen LogP contribution < -0.4 is 11.1 Å². The highest BCUT2D eigenvalue weighted by atomic mass is 79.9. The number of amides is 1. The summed E-state index contributed by atoms with van der Waals surface area (Å²) in [7, 11) is 0. The van der Waals surface area contributed by atoms with Crippen LogP contribution in [0.25, 0.3) is 0 Å². The second-order valence-electron chi connectivity index (χ2n) is 3.94. The van der Waals surface area contributed by atoms with Gasteiger partial charge in [0, 0.05) is 16.2 Å². The number of carbonyl (C=O) groups excluding carboxylic acids is 1. The minimum atomic E-state index is -0.862. The summed E-state index contributed by atoms with van der Waals surface area (Å²) in [5.41, 5.74) is 6.13. The van der Waals surface area contributed by atoms with Gasteiger partial charge in [-0.05, 0) is 56.1 Å².